The number of hydrogen-bond donors (Lipinski definition) is 1. The van der Waals surface area contributed by atoms with Crippen LogP contribution in [-0.2, 0) is 17.5 Å². The van der Waals surface area contributed by atoms with E-state index >= 15 is 0 Å². The molecule has 0 bridgehead atoms. The Hall–Kier alpha value is -3.75. The Bertz CT molecular complexity index is 1330. The Labute approximate surface area is 177 Å². The summed E-state index contributed by atoms with van der Waals surface area (Å²) >= 11 is 0. The van der Waals surface area contributed by atoms with Crippen molar-refractivity contribution in [3.8, 4) is 0 Å². The van der Waals surface area contributed by atoms with Crippen molar-refractivity contribution in [1.29, 1.82) is 0 Å². The van der Waals surface area contributed by atoms with Gasteiger partial charge < -0.3 is 9.67 Å². The van der Waals surface area contributed by atoms with E-state index in [-0.39, 0.29) is 34.0 Å². The van der Waals surface area contributed by atoms with Gasteiger partial charge in [-0.1, -0.05) is 24.3 Å². The molecule has 0 fully saturated rings. The summed E-state index contributed by atoms with van der Waals surface area (Å²) in [5, 5.41) is 9.83. The monoisotopic (exact) mass is 447 g/mol. The van der Waals surface area contributed by atoms with Gasteiger partial charge in [0.15, 0.2) is 5.78 Å². The molecular formula is C23H14F5NO3. The summed E-state index contributed by atoms with van der Waals surface area (Å²) in [6.45, 7) is -0.396. The van der Waals surface area contributed by atoms with E-state index in [0.717, 1.165) is 34.9 Å². The van der Waals surface area contributed by atoms with E-state index in [1.807, 2.05) is 0 Å². The van der Waals surface area contributed by atoms with Gasteiger partial charge in [-0.25, -0.2) is 13.6 Å². The van der Waals surface area contributed by atoms with Gasteiger partial charge in [-0.2, -0.15) is 13.2 Å². The standard InChI is InChI=1S/C23H14F5NO3/c24-14-7-5-12(17(25)10-14)11-29-18-8-6-13(23(26,27)28)9-16(18)20(21(29)22(31)32)15-3-1-2-4-19(15)30/h1-3,5-10H,4,11H2,(H,31,32). The van der Waals surface area contributed by atoms with E-state index in [2.05, 4.69) is 0 Å². The minimum Gasteiger partial charge on any atom is -0.477 e. The van der Waals surface area contributed by atoms with Crippen molar-refractivity contribution < 1.29 is 36.6 Å². The van der Waals surface area contributed by atoms with Gasteiger partial charge in [-0.15, -0.1) is 0 Å². The number of aromatic nitrogens is 1. The van der Waals surface area contributed by atoms with E-state index in [4.69, 9.17) is 0 Å². The van der Waals surface area contributed by atoms with Crippen molar-refractivity contribution in [2.45, 2.75) is 19.1 Å². The van der Waals surface area contributed by atoms with Crippen LogP contribution in [0.25, 0.3) is 16.5 Å². The third kappa shape index (κ3) is 3.70. The van der Waals surface area contributed by atoms with Crippen molar-refractivity contribution in [3.63, 3.8) is 0 Å². The third-order valence-corrected chi connectivity index (χ3v) is 5.21. The van der Waals surface area contributed by atoms with Crippen LogP contribution in [0.2, 0.25) is 0 Å². The van der Waals surface area contributed by atoms with Crippen LogP contribution in [0, 0.1) is 11.6 Å². The van der Waals surface area contributed by atoms with Gasteiger partial charge in [-0.05, 0) is 24.3 Å². The Morgan fingerprint density at radius 3 is 2.47 bits per heavy atom. The number of ketones is 1. The average molecular weight is 447 g/mol. The lowest BCUT2D eigenvalue weighted by Gasteiger charge is -2.12. The van der Waals surface area contributed by atoms with Crippen LogP contribution in [0.3, 0.4) is 0 Å². The molecule has 0 aliphatic heterocycles. The first-order chi connectivity index (χ1) is 15.1. The van der Waals surface area contributed by atoms with Gasteiger partial charge in [0.05, 0.1) is 12.1 Å². The van der Waals surface area contributed by atoms with E-state index in [0.29, 0.717) is 6.07 Å². The zero-order chi connectivity index (χ0) is 23.2. The van der Waals surface area contributed by atoms with Crippen molar-refractivity contribution in [3.05, 3.63) is 88.6 Å². The number of carbonyl (C=O) groups excluding carboxylic acids is 1. The molecule has 9 heteroatoms. The zero-order valence-electron chi connectivity index (χ0n) is 16.2. The van der Waals surface area contributed by atoms with Gasteiger partial charge in [0.2, 0.25) is 0 Å². The zero-order valence-corrected chi connectivity index (χ0v) is 16.2. The Balaban J connectivity index is 2.06. The fourth-order valence-electron chi connectivity index (χ4n) is 3.78. The maximum absolute atomic E-state index is 14.3. The number of hydrogen-bond acceptors (Lipinski definition) is 2. The predicted octanol–water partition coefficient (Wildman–Crippen LogP) is 5.60. The highest BCUT2D eigenvalue weighted by Crippen LogP contribution is 2.38. The first-order valence-corrected chi connectivity index (χ1v) is 9.39. The van der Waals surface area contributed by atoms with Crippen molar-refractivity contribution >= 4 is 28.2 Å². The van der Waals surface area contributed by atoms with Crippen LogP contribution < -0.4 is 0 Å². The lowest BCUT2D eigenvalue weighted by atomic mass is 9.93. The summed E-state index contributed by atoms with van der Waals surface area (Å²) < 4.78 is 68.8. The molecule has 1 heterocycles. The summed E-state index contributed by atoms with van der Waals surface area (Å²) in [5.41, 5.74) is -1.70. The molecule has 1 aromatic heterocycles. The van der Waals surface area contributed by atoms with Crippen LogP contribution in [0.1, 0.15) is 33.6 Å². The summed E-state index contributed by atoms with van der Waals surface area (Å²) in [5.74, 6) is -3.73. The quantitative estimate of drug-likeness (QED) is 0.530. The normalized spacial score (nSPS) is 14.2. The first-order valence-electron chi connectivity index (χ1n) is 9.39. The molecule has 0 spiro atoms. The van der Waals surface area contributed by atoms with E-state index in [1.165, 1.54) is 12.2 Å². The second-order valence-corrected chi connectivity index (χ2v) is 7.22. The molecule has 1 N–H and O–H groups in total. The number of alkyl halides is 3. The van der Waals surface area contributed by atoms with Gasteiger partial charge in [0, 0.05) is 40.1 Å². The number of carboxylic acids is 1. The number of rotatable bonds is 4. The van der Waals surface area contributed by atoms with E-state index in [1.54, 1.807) is 6.08 Å². The molecule has 32 heavy (non-hydrogen) atoms. The van der Waals surface area contributed by atoms with Crippen LogP contribution in [0.4, 0.5) is 22.0 Å². The largest absolute Gasteiger partial charge is 0.477 e. The number of benzene rings is 2. The number of aromatic carboxylic acids is 1. The molecular weight excluding hydrogens is 433 g/mol. The lowest BCUT2D eigenvalue weighted by molar-refractivity contribution is -0.137. The number of carbonyl (C=O) groups is 2. The molecule has 0 radical (unpaired) electrons. The topological polar surface area (TPSA) is 59.3 Å². The second kappa shape index (κ2) is 7.74. The summed E-state index contributed by atoms with van der Waals surface area (Å²) in [4.78, 5) is 24.7. The first kappa shape index (κ1) is 21.5. The van der Waals surface area contributed by atoms with Crippen LogP contribution in [0.5, 0.6) is 0 Å². The highest BCUT2D eigenvalue weighted by molar-refractivity contribution is 6.27. The molecule has 1 aliphatic rings. The van der Waals surface area contributed by atoms with Crippen LogP contribution >= 0.6 is 0 Å². The number of nitrogens with zero attached hydrogens (tertiary/aromatic N) is 1. The molecule has 4 nitrogen and oxygen atoms in total. The minimum atomic E-state index is -4.70. The number of allylic oxidation sites excluding steroid dienone is 4. The van der Waals surface area contributed by atoms with Crippen LogP contribution in [-0.4, -0.2) is 21.4 Å². The molecule has 0 atom stereocenters. The second-order valence-electron chi connectivity index (χ2n) is 7.22. The molecule has 0 unspecified atom stereocenters. The Kier molecular flexibility index (Phi) is 5.20. The van der Waals surface area contributed by atoms with Crippen molar-refractivity contribution in [2.24, 2.45) is 0 Å². The van der Waals surface area contributed by atoms with Gasteiger partial charge >= 0.3 is 12.1 Å². The number of Topliss-reactive ketones (excluding diaryl/α,β-unsaturated/α-hetero) is 1. The molecule has 0 saturated carbocycles. The summed E-state index contributed by atoms with van der Waals surface area (Å²) in [6.07, 6.45) is -0.344. The molecule has 164 valence electrons. The lowest BCUT2D eigenvalue weighted by Crippen LogP contribution is -2.14. The maximum Gasteiger partial charge on any atom is 0.416 e. The molecule has 1 aliphatic carbocycles. The highest BCUT2D eigenvalue weighted by Gasteiger charge is 2.34. The number of fused-ring (bicyclic) bond motifs is 1. The summed E-state index contributed by atoms with van der Waals surface area (Å²) in [6, 6.07) is 5.39. The number of carboxylic acid groups (broad SMARTS) is 1. The van der Waals surface area contributed by atoms with Crippen molar-refractivity contribution in [1.82, 2.24) is 4.57 Å². The minimum absolute atomic E-state index is 0.0386. The predicted molar refractivity (Wildman–Crippen MR) is 106 cm³/mol. The molecule has 4 rings (SSSR count). The number of halogens is 5. The van der Waals surface area contributed by atoms with Gasteiger partial charge in [0.25, 0.3) is 0 Å². The average Bonchev–Trinajstić information content (AvgIpc) is 3.03. The maximum atomic E-state index is 14.3. The van der Waals surface area contributed by atoms with E-state index in [9.17, 15) is 36.6 Å². The highest BCUT2D eigenvalue weighted by atomic mass is 19.4. The fourth-order valence-corrected chi connectivity index (χ4v) is 3.78. The van der Waals surface area contributed by atoms with Crippen LogP contribution in [0.15, 0.2) is 54.6 Å². The van der Waals surface area contributed by atoms with Crippen molar-refractivity contribution in [2.75, 3.05) is 0 Å². The van der Waals surface area contributed by atoms with E-state index < -0.39 is 47.4 Å². The molecule has 3 aromatic rings. The SMILES string of the molecule is O=C1CC=CC=C1c1c(C(=O)O)n(Cc2ccc(F)cc2F)c2ccc(C(F)(F)F)cc12. The summed E-state index contributed by atoms with van der Waals surface area (Å²) in [7, 11) is 0. The Morgan fingerprint density at radius 2 is 1.84 bits per heavy atom. The molecule has 0 amide bonds. The smallest absolute Gasteiger partial charge is 0.416 e. The van der Waals surface area contributed by atoms with Gasteiger partial charge in [0.1, 0.15) is 17.3 Å². The Morgan fingerprint density at radius 1 is 1.09 bits per heavy atom. The fraction of sp³-hybridized carbons (Fsp3) is 0.130. The third-order valence-electron chi connectivity index (χ3n) is 5.21. The molecule has 0 saturated heterocycles. The van der Waals surface area contributed by atoms with Gasteiger partial charge in [-0.3, -0.25) is 4.79 Å². The molecule has 2 aromatic carbocycles.